The second-order valence-corrected chi connectivity index (χ2v) is 5.55. The number of carbonyl (C=O) groups excluding carboxylic acids is 1. The van der Waals surface area contributed by atoms with Gasteiger partial charge in [0, 0.05) is 13.1 Å². The number of carbonyl (C=O) groups is 2. The summed E-state index contributed by atoms with van der Waals surface area (Å²) in [6, 6.07) is -0.816. The van der Waals surface area contributed by atoms with Crippen LogP contribution < -0.4 is 5.32 Å². The number of nitrogens with zero attached hydrogens (tertiary/aromatic N) is 1. The van der Waals surface area contributed by atoms with E-state index in [0.717, 1.165) is 32.1 Å². The molecule has 5 nitrogen and oxygen atoms in total. The lowest BCUT2D eigenvalue weighted by Gasteiger charge is -2.32. The molecule has 1 rings (SSSR count). The van der Waals surface area contributed by atoms with Gasteiger partial charge in [-0.1, -0.05) is 39.5 Å². The van der Waals surface area contributed by atoms with Gasteiger partial charge in [-0.15, -0.1) is 0 Å². The maximum absolute atomic E-state index is 12.1. The van der Waals surface area contributed by atoms with E-state index in [1.165, 1.54) is 6.42 Å². The summed E-state index contributed by atoms with van der Waals surface area (Å²) in [6.07, 6.45) is 6.29. The van der Waals surface area contributed by atoms with Gasteiger partial charge in [0.2, 0.25) is 0 Å². The molecule has 110 valence electrons. The highest BCUT2D eigenvalue weighted by Gasteiger charge is 2.29. The molecule has 0 aromatic rings. The summed E-state index contributed by atoms with van der Waals surface area (Å²) in [4.78, 5) is 25.0. The fraction of sp³-hybridized carbons (Fsp3) is 0.857. The number of hydrogen-bond donors (Lipinski definition) is 2. The quantitative estimate of drug-likeness (QED) is 0.806. The van der Waals surface area contributed by atoms with E-state index in [2.05, 4.69) is 5.32 Å². The average molecular weight is 270 g/mol. The summed E-state index contributed by atoms with van der Waals surface area (Å²) in [6.45, 7) is 3.78. The van der Waals surface area contributed by atoms with E-state index >= 15 is 0 Å². The van der Waals surface area contributed by atoms with Gasteiger partial charge in [0.1, 0.15) is 6.04 Å². The van der Waals surface area contributed by atoms with Gasteiger partial charge in [0.25, 0.3) is 0 Å². The van der Waals surface area contributed by atoms with Crippen LogP contribution in [0.2, 0.25) is 0 Å². The number of rotatable bonds is 5. The summed E-state index contributed by atoms with van der Waals surface area (Å²) in [5, 5.41) is 11.8. The minimum absolute atomic E-state index is 0.0683. The van der Waals surface area contributed by atoms with E-state index in [1.54, 1.807) is 11.9 Å². The van der Waals surface area contributed by atoms with Gasteiger partial charge in [-0.25, -0.2) is 9.59 Å². The summed E-state index contributed by atoms with van der Waals surface area (Å²) >= 11 is 0. The van der Waals surface area contributed by atoms with E-state index < -0.39 is 12.0 Å². The summed E-state index contributed by atoms with van der Waals surface area (Å²) < 4.78 is 0. The van der Waals surface area contributed by atoms with Crippen molar-refractivity contribution in [1.82, 2.24) is 10.2 Å². The van der Waals surface area contributed by atoms with E-state index in [1.807, 2.05) is 13.8 Å². The standard InChI is InChI=1S/C14H26N2O3/c1-4-10(2)12(13(17)18)15-14(19)16(3)11-8-6-5-7-9-11/h10-12H,4-9H2,1-3H3,(H,15,19)(H,17,18)/t10-,12-/m0/s1. The molecule has 2 atom stereocenters. The van der Waals surface area contributed by atoms with Crippen molar-refractivity contribution >= 4 is 12.0 Å². The van der Waals surface area contributed by atoms with Crippen molar-refractivity contribution in [2.75, 3.05) is 7.05 Å². The molecular weight excluding hydrogens is 244 g/mol. The Kier molecular flexibility index (Phi) is 6.12. The Morgan fingerprint density at radius 1 is 1.32 bits per heavy atom. The third kappa shape index (κ3) is 4.40. The predicted molar refractivity (Wildman–Crippen MR) is 74.0 cm³/mol. The topological polar surface area (TPSA) is 69.6 Å². The summed E-state index contributed by atoms with van der Waals surface area (Å²) in [7, 11) is 1.76. The van der Waals surface area contributed by atoms with Crippen molar-refractivity contribution in [3.05, 3.63) is 0 Å². The van der Waals surface area contributed by atoms with Gasteiger partial charge in [-0.2, -0.15) is 0 Å². The van der Waals surface area contributed by atoms with Crippen molar-refractivity contribution in [3.8, 4) is 0 Å². The molecule has 1 fully saturated rings. The van der Waals surface area contributed by atoms with Crippen molar-refractivity contribution in [3.63, 3.8) is 0 Å². The number of carboxylic acid groups (broad SMARTS) is 1. The maximum atomic E-state index is 12.1. The highest BCUT2D eigenvalue weighted by atomic mass is 16.4. The van der Waals surface area contributed by atoms with Crippen LogP contribution >= 0.6 is 0 Å². The second-order valence-electron chi connectivity index (χ2n) is 5.55. The van der Waals surface area contributed by atoms with Crippen molar-refractivity contribution in [1.29, 1.82) is 0 Å². The molecule has 0 bridgehead atoms. The molecule has 2 N–H and O–H groups in total. The highest BCUT2D eigenvalue weighted by Crippen LogP contribution is 2.21. The van der Waals surface area contributed by atoms with Crippen LogP contribution in [-0.4, -0.2) is 41.1 Å². The zero-order valence-corrected chi connectivity index (χ0v) is 12.2. The first-order valence-electron chi connectivity index (χ1n) is 7.23. The van der Waals surface area contributed by atoms with Gasteiger partial charge in [-0.3, -0.25) is 0 Å². The van der Waals surface area contributed by atoms with E-state index in [9.17, 15) is 14.7 Å². The van der Waals surface area contributed by atoms with E-state index in [4.69, 9.17) is 0 Å². The third-order valence-electron chi connectivity index (χ3n) is 4.20. The van der Waals surface area contributed by atoms with Crippen LogP contribution in [0.25, 0.3) is 0 Å². The van der Waals surface area contributed by atoms with Crippen molar-refractivity contribution in [2.45, 2.75) is 64.5 Å². The Hall–Kier alpha value is -1.26. The lowest BCUT2D eigenvalue weighted by Crippen LogP contribution is -2.52. The molecule has 5 heteroatoms. The number of hydrogen-bond acceptors (Lipinski definition) is 2. The first kappa shape index (κ1) is 15.8. The molecule has 1 aliphatic carbocycles. The molecule has 0 heterocycles. The predicted octanol–water partition coefficient (Wildman–Crippen LogP) is 2.46. The highest BCUT2D eigenvalue weighted by molar-refractivity contribution is 5.82. The van der Waals surface area contributed by atoms with Crippen LogP contribution in [0.5, 0.6) is 0 Å². The van der Waals surface area contributed by atoms with E-state index in [-0.39, 0.29) is 18.0 Å². The Labute approximate surface area is 115 Å². The molecule has 0 saturated heterocycles. The molecule has 0 aliphatic heterocycles. The van der Waals surface area contributed by atoms with Gasteiger partial charge in [0.15, 0.2) is 0 Å². The van der Waals surface area contributed by atoms with Crippen LogP contribution in [0.3, 0.4) is 0 Å². The van der Waals surface area contributed by atoms with Crippen LogP contribution in [0.15, 0.2) is 0 Å². The third-order valence-corrected chi connectivity index (χ3v) is 4.20. The average Bonchev–Trinajstić information content (AvgIpc) is 2.43. The lowest BCUT2D eigenvalue weighted by atomic mass is 9.94. The van der Waals surface area contributed by atoms with Gasteiger partial charge >= 0.3 is 12.0 Å². The number of urea groups is 1. The molecule has 19 heavy (non-hydrogen) atoms. The Morgan fingerprint density at radius 3 is 2.37 bits per heavy atom. The Bertz CT molecular complexity index is 314. The molecule has 0 radical (unpaired) electrons. The largest absolute Gasteiger partial charge is 0.480 e. The second kappa shape index (κ2) is 7.36. The SMILES string of the molecule is CC[C@H](C)[C@H](NC(=O)N(C)C1CCCCC1)C(=O)O. The summed E-state index contributed by atoms with van der Waals surface area (Å²) in [5.74, 6) is -1.03. The molecule has 0 aromatic carbocycles. The molecular formula is C14H26N2O3. The Balaban J connectivity index is 2.57. The van der Waals surface area contributed by atoms with Gasteiger partial charge in [-0.05, 0) is 18.8 Å². The normalized spacial score (nSPS) is 19.5. The fourth-order valence-electron chi connectivity index (χ4n) is 2.55. The van der Waals surface area contributed by atoms with Crippen LogP contribution in [0.1, 0.15) is 52.4 Å². The fourth-order valence-corrected chi connectivity index (χ4v) is 2.55. The minimum atomic E-state index is -0.959. The van der Waals surface area contributed by atoms with Crippen molar-refractivity contribution in [2.24, 2.45) is 5.92 Å². The molecule has 0 aromatic heterocycles. The van der Waals surface area contributed by atoms with Crippen LogP contribution in [0, 0.1) is 5.92 Å². The lowest BCUT2D eigenvalue weighted by molar-refractivity contribution is -0.140. The molecule has 1 saturated carbocycles. The first-order valence-corrected chi connectivity index (χ1v) is 7.23. The number of amides is 2. The monoisotopic (exact) mass is 270 g/mol. The van der Waals surface area contributed by atoms with Gasteiger partial charge in [0.05, 0.1) is 0 Å². The smallest absolute Gasteiger partial charge is 0.326 e. The zero-order valence-electron chi connectivity index (χ0n) is 12.2. The zero-order chi connectivity index (χ0) is 14.4. The van der Waals surface area contributed by atoms with Crippen LogP contribution in [-0.2, 0) is 4.79 Å². The van der Waals surface area contributed by atoms with Crippen LogP contribution in [0.4, 0.5) is 4.79 Å². The minimum Gasteiger partial charge on any atom is -0.480 e. The maximum Gasteiger partial charge on any atom is 0.326 e. The van der Waals surface area contributed by atoms with Crippen molar-refractivity contribution < 1.29 is 14.7 Å². The molecule has 1 aliphatic rings. The molecule has 2 amide bonds. The summed E-state index contributed by atoms with van der Waals surface area (Å²) in [5.41, 5.74) is 0. The van der Waals surface area contributed by atoms with Gasteiger partial charge < -0.3 is 15.3 Å². The number of nitrogens with one attached hydrogen (secondary N) is 1. The first-order chi connectivity index (χ1) is 8.97. The number of aliphatic carboxylic acids is 1. The number of carboxylic acids is 1. The molecule has 0 spiro atoms. The molecule has 0 unspecified atom stereocenters. The van der Waals surface area contributed by atoms with E-state index in [0.29, 0.717) is 0 Å². The Morgan fingerprint density at radius 2 is 1.89 bits per heavy atom.